The molecule has 0 saturated carbocycles. The van der Waals surface area contributed by atoms with Crippen LogP contribution in [0.3, 0.4) is 0 Å². The summed E-state index contributed by atoms with van der Waals surface area (Å²) in [6, 6.07) is 0. The van der Waals surface area contributed by atoms with Gasteiger partial charge in [-0.05, 0) is 39.4 Å². The van der Waals surface area contributed by atoms with Crippen molar-refractivity contribution < 1.29 is 11.0 Å². The first-order valence-electron chi connectivity index (χ1n) is 2.60. The predicted molar refractivity (Wildman–Crippen MR) is 55.6 cm³/mol. The maximum Gasteiger partial charge on any atom is -0.00788 e. The lowest BCUT2D eigenvalue weighted by atomic mass is 10.9. The first-order valence-corrected chi connectivity index (χ1v) is 2.60. The van der Waals surface area contributed by atoms with Crippen molar-refractivity contribution in [3.8, 4) is 0 Å². The molecule has 0 aliphatic heterocycles. The Morgan fingerprint density at radius 1 is 0.667 bits per heavy atom. The lowest BCUT2D eigenvalue weighted by molar-refractivity contribution is 0.823. The maximum absolute atomic E-state index is 6.08. The van der Waals surface area contributed by atoms with Crippen molar-refractivity contribution in [2.75, 3.05) is 0 Å². The van der Waals surface area contributed by atoms with Crippen LogP contribution in [-0.2, 0) is 0 Å². The topological polar surface area (TPSA) is 170 Å². The van der Waals surface area contributed by atoms with Crippen LogP contribution in [0.1, 0.15) is 20.8 Å². The molecular weight excluding hydrogens is 160 g/mol. The molecular formula is C6H22N4O2. The molecule has 12 heavy (non-hydrogen) atoms. The van der Waals surface area contributed by atoms with E-state index in [1.807, 2.05) is 0 Å². The fourth-order valence-electron chi connectivity index (χ4n) is 0. The fraction of sp³-hybridized carbons (Fsp3) is 0.500. The van der Waals surface area contributed by atoms with Gasteiger partial charge in [0.1, 0.15) is 0 Å². The summed E-state index contributed by atoms with van der Waals surface area (Å²) in [6.07, 6.45) is 3.75. The summed E-state index contributed by atoms with van der Waals surface area (Å²) in [7, 11) is 0. The highest BCUT2D eigenvalue weighted by atomic mass is 16.0. The van der Waals surface area contributed by atoms with Crippen LogP contribution in [0.2, 0.25) is 0 Å². The molecule has 0 aromatic carbocycles. The normalized spacial score (nSPS) is 3.25. The van der Waals surface area contributed by atoms with Gasteiger partial charge in [0.25, 0.3) is 0 Å². The van der Waals surface area contributed by atoms with E-state index < -0.39 is 0 Å². The van der Waals surface area contributed by atoms with E-state index in [-0.39, 0.29) is 17.1 Å². The average molecular weight is 182 g/mol. The summed E-state index contributed by atoms with van der Waals surface area (Å²) in [4.78, 5) is 0. The molecule has 10 N–H and O–H groups in total. The van der Waals surface area contributed by atoms with Crippen LogP contribution in [0.5, 0.6) is 0 Å². The van der Waals surface area contributed by atoms with Gasteiger partial charge in [0.2, 0.25) is 0 Å². The van der Waals surface area contributed by atoms with Crippen molar-refractivity contribution in [2.24, 2.45) is 0 Å². The molecule has 0 aliphatic rings. The summed E-state index contributed by atoms with van der Waals surface area (Å²) >= 11 is 0. The average Bonchev–Trinajstić information content (AvgIpc) is 1.70. The largest absolute Gasteiger partial charge is 0.412 e. The molecule has 0 rings (SSSR count). The number of rotatable bonds is 0. The lowest BCUT2D eigenvalue weighted by Gasteiger charge is -1.30. The predicted octanol–water partition coefficient (Wildman–Crippen LogP) is 0.480. The van der Waals surface area contributed by atoms with Crippen molar-refractivity contribution in [3.05, 3.63) is 0 Å². The van der Waals surface area contributed by atoms with Gasteiger partial charge in [0.15, 0.2) is 0 Å². The van der Waals surface area contributed by atoms with Crippen molar-refractivity contribution in [1.29, 1.82) is 16.2 Å². The molecule has 0 aliphatic carbocycles. The zero-order valence-corrected chi connectivity index (χ0v) is 7.94. The Morgan fingerprint density at radius 2 is 0.667 bits per heavy atom. The Morgan fingerprint density at radius 3 is 0.667 bits per heavy atom. The van der Waals surface area contributed by atoms with Gasteiger partial charge in [-0.25, -0.2) is 0 Å². The third kappa shape index (κ3) is 449. The third-order valence-electron chi connectivity index (χ3n) is 0. The monoisotopic (exact) mass is 182 g/mol. The molecule has 0 aromatic rings. The molecule has 0 heterocycles. The lowest BCUT2D eigenvalue weighted by Crippen LogP contribution is -1.32. The van der Waals surface area contributed by atoms with Crippen LogP contribution in [-0.4, -0.2) is 29.6 Å². The first kappa shape index (κ1) is 44.5. The Bertz CT molecular complexity index is 54.3. The van der Waals surface area contributed by atoms with Crippen molar-refractivity contribution >= 4 is 18.6 Å². The van der Waals surface area contributed by atoms with E-state index >= 15 is 0 Å². The van der Waals surface area contributed by atoms with Crippen LogP contribution in [0.15, 0.2) is 0 Å². The van der Waals surface area contributed by atoms with Gasteiger partial charge in [-0.1, -0.05) is 0 Å². The second-order valence-corrected chi connectivity index (χ2v) is 0.866. The summed E-state index contributed by atoms with van der Waals surface area (Å²) in [5.41, 5.74) is 0. The van der Waals surface area contributed by atoms with Gasteiger partial charge in [-0.2, -0.15) is 0 Å². The van der Waals surface area contributed by atoms with Crippen molar-refractivity contribution in [3.63, 3.8) is 0 Å². The third-order valence-corrected chi connectivity index (χ3v) is 0. The molecule has 6 nitrogen and oxygen atoms in total. The van der Waals surface area contributed by atoms with Gasteiger partial charge in [0, 0.05) is 0 Å². The summed E-state index contributed by atoms with van der Waals surface area (Å²) in [6.45, 7) is 5.00. The first-order chi connectivity index (χ1) is 4.24. The van der Waals surface area contributed by atoms with E-state index in [0.29, 0.717) is 0 Å². The number of hydrogen-bond donors (Lipinski definition) is 4. The Kier molecular flexibility index (Phi) is 812. The van der Waals surface area contributed by atoms with Gasteiger partial charge in [0.05, 0.1) is 0 Å². The Labute approximate surface area is 73.7 Å². The van der Waals surface area contributed by atoms with Crippen LogP contribution in [0.25, 0.3) is 0 Å². The Hall–Kier alpha value is -1.11. The van der Waals surface area contributed by atoms with E-state index in [4.69, 9.17) is 16.2 Å². The molecule has 78 valence electrons. The second-order valence-electron chi connectivity index (χ2n) is 0.866. The number of nitrogens with one attached hydrogen (secondary N) is 3. The van der Waals surface area contributed by atoms with Crippen molar-refractivity contribution in [1.82, 2.24) is 6.15 Å². The molecule has 0 aromatic heterocycles. The van der Waals surface area contributed by atoms with Crippen LogP contribution in [0.4, 0.5) is 0 Å². The zero-order valence-electron chi connectivity index (χ0n) is 7.94. The molecule has 0 fully saturated rings. The standard InChI is InChI=1S/3C2H5N.H3N.2H2O/c3*1-2-3;;;/h3*2-3H,1H3;1H3;2*1H2. The fourth-order valence-corrected chi connectivity index (χ4v) is 0. The molecule has 0 atom stereocenters. The maximum atomic E-state index is 6.08. The molecule has 0 spiro atoms. The minimum Gasteiger partial charge on any atom is -0.412 e. The van der Waals surface area contributed by atoms with Crippen molar-refractivity contribution in [2.45, 2.75) is 20.8 Å². The van der Waals surface area contributed by atoms with Gasteiger partial charge in [-0.15, -0.1) is 0 Å². The quantitative estimate of drug-likeness (QED) is 0.393. The minimum atomic E-state index is 0. The summed E-state index contributed by atoms with van der Waals surface area (Å²) < 4.78 is 0. The van der Waals surface area contributed by atoms with E-state index in [0.717, 1.165) is 0 Å². The van der Waals surface area contributed by atoms with E-state index in [2.05, 4.69) is 0 Å². The molecule has 0 unspecified atom stereocenters. The van der Waals surface area contributed by atoms with Crippen LogP contribution in [0, 0.1) is 16.2 Å². The van der Waals surface area contributed by atoms with E-state index in [9.17, 15) is 0 Å². The SMILES string of the molecule is CC=N.CC=N.CC=N.N.O.O. The highest BCUT2D eigenvalue weighted by molar-refractivity contribution is 5.48. The van der Waals surface area contributed by atoms with Gasteiger partial charge < -0.3 is 33.3 Å². The molecule has 6 heteroatoms. The van der Waals surface area contributed by atoms with E-state index in [1.165, 1.54) is 18.6 Å². The summed E-state index contributed by atoms with van der Waals surface area (Å²) in [5.74, 6) is 0. The highest BCUT2D eigenvalue weighted by Gasteiger charge is 1.17. The zero-order chi connectivity index (χ0) is 8.12. The molecule has 0 radical (unpaired) electrons. The minimum absolute atomic E-state index is 0. The van der Waals surface area contributed by atoms with Crippen LogP contribution < -0.4 is 6.15 Å². The Balaban J connectivity index is -0.00000001000. The van der Waals surface area contributed by atoms with Gasteiger partial charge in [-0.3, -0.25) is 0 Å². The number of hydrogen-bond acceptors (Lipinski definition) is 4. The van der Waals surface area contributed by atoms with Gasteiger partial charge >= 0.3 is 0 Å². The molecule has 0 saturated heterocycles. The second kappa shape index (κ2) is 219. The molecule has 0 amide bonds. The molecule has 0 bridgehead atoms. The van der Waals surface area contributed by atoms with E-state index in [1.54, 1.807) is 20.8 Å². The smallest absolute Gasteiger partial charge is 0.00788 e. The van der Waals surface area contributed by atoms with Crippen LogP contribution >= 0.6 is 0 Å². The summed E-state index contributed by atoms with van der Waals surface area (Å²) in [5, 5.41) is 18.2. The highest BCUT2D eigenvalue weighted by Crippen LogP contribution is 1.17.